The summed E-state index contributed by atoms with van der Waals surface area (Å²) >= 11 is 0. The molecule has 0 unspecified atom stereocenters. The Morgan fingerprint density at radius 1 is 1.00 bits per heavy atom. The fourth-order valence-corrected chi connectivity index (χ4v) is 6.21. The van der Waals surface area contributed by atoms with E-state index in [0.29, 0.717) is 5.56 Å². The number of Topliss-reactive ketones (excluding diaryl/α,β-unsaturated/α-hetero) is 1. The number of esters is 1. The number of carbonyl (C=O) groups is 3. The van der Waals surface area contributed by atoms with Crippen molar-refractivity contribution in [1.29, 1.82) is 0 Å². The van der Waals surface area contributed by atoms with Gasteiger partial charge in [0.2, 0.25) is 0 Å². The van der Waals surface area contributed by atoms with Crippen molar-refractivity contribution < 1.29 is 19.1 Å². The number of rotatable bonds is 7. The van der Waals surface area contributed by atoms with E-state index < -0.39 is 12.1 Å². The molecule has 0 aromatic heterocycles. The molecule has 4 fully saturated rings. The van der Waals surface area contributed by atoms with Crippen molar-refractivity contribution in [3.8, 4) is 0 Å². The molecule has 4 bridgehead atoms. The van der Waals surface area contributed by atoms with Gasteiger partial charge in [-0.1, -0.05) is 12.1 Å². The van der Waals surface area contributed by atoms with Gasteiger partial charge in [-0.2, -0.15) is 0 Å². The Hall–Kier alpha value is -2.17. The summed E-state index contributed by atoms with van der Waals surface area (Å²) in [4.78, 5) is 37.3. The van der Waals surface area contributed by atoms with Crippen LogP contribution in [0, 0.1) is 31.6 Å². The zero-order valence-electron chi connectivity index (χ0n) is 18.3. The van der Waals surface area contributed by atoms with Crippen LogP contribution in [0.25, 0.3) is 0 Å². The monoisotopic (exact) mass is 411 g/mol. The zero-order valence-corrected chi connectivity index (χ0v) is 18.3. The third-order valence-electron chi connectivity index (χ3n) is 7.49. The number of nitrogens with one attached hydrogen (secondary N) is 1. The Kier molecular flexibility index (Phi) is 5.73. The van der Waals surface area contributed by atoms with Crippen LogP contribution in [0.4, 0.5) is 0 Å². The number of ketones is 1. The lowest BCUT2D eigenvalue weighted by atomic mass is 9.53. The smallest absolute Gasteiger partial charge is 0.307 e. The number of ether oxygens (including phenoxy) is 1. The van der Waals surface area contributed by atoms with Crippen LogP contribution in [0.1, 0.15) is 79.8 Å². The molecular weight excluding hydrogens is 378 g/mol. The highest BCUT2D eigenvalue weighted by molar-refractivity contribution is 5.98. The highest BCUT2D eigenvalue weighted by Crippen LogP contribution is 2.55. The average Bonchev–Trinajstić information content (AvgIpc) is 2.66. The molecule has 30 heavy (non-hydrogen) atoms. The van der Waals surface area contributed by atoms with E-state index in [1.807, 2.05) is 26.0 Å². The first-order chi connectivity index (χ1) is 14.2. The SMILES string of the molecule is Cc1ccc(C(=O)CCC(=O)O[C@@H](C)C(=O)NC23CC4CC(CC(C4)C2)C3)cc1C. The molecule has 0 radical (unpaired) electrons. The molecule has 162 valence electrons. The first-order valence-electron chi connectivity index (χ1n) is 11.3. The van der Waals surface area contributed by atoms with Gasteiger partial charge in [0.25, 0.3) is 5.91 Å². The second-order valence-electron chi connectivity index (χ2n) is 10.0. The minimum Gasteiger partial charge on any atom is -0.453 e. The zero-order chi connectivity index (χ0) is 21.5. The molecule has 1 amide bonds. The Balaban J connectivity index is 1.25. The molecule has 4 saturated carbocycles. The van der Waals surface area contributed by atoms with Gasteiger partial charge in [0.15, 0.2) is 11.9 Å². The fraction of sp³-hybridized carbons (Fsp3) is 0.640. The maximum Gasteiger partial charge on any atom is 0.307 e. The summed E-state index contributed by atoms with van der Waals surface area (Å²) in [6.07, 6.45) is 6.38. The fourth-order valence-electron chi connectivity index (χ4n) is 6.21. The van der Waals surface area contributed by atoms with Gasteiger partial charge in [0.05, 0.1) is 6.42 Å². The first kappa shape index (κ1) is 21.1. The quantitative estimate of drug-likeness (QED) is 0.537. The summed E-state index contributed by atoms with van der Waals surface area (Å²) in [5.41, 5.74) is 2.70. The minimum absolute atomic E-state index is 0.0132. The number of aryl methyl sites for hydroxylation is 2. The Labute approximate surface area is 178 Å². The molecule has 1 atom stereocenters. The first-order valence-corrected chi connectivity index (χ1v) is 11.3. The number of benzene rings is 1. The second-order valence-corrected chi connectivity index (χ2v) is 10.0. The Morgan fingerprint density at radius 3 is 2.17 bits per heavy atom. The third kappa shape index (κ3) is 4.45. The molecule has 1 N–H and O–H groups in total. The van der Waals surface area contributed by atoms with Crippen molar-refractivity contribution in [3.05, 3.63) is 34.9 Å². The van der Waals surface area contributed by atoms with Crippen LogP contribution in [0.3, 0.4) is 0 Å². The van der Waals surface area contributed by atoms with Crippen LogP contribution in [-0.4, -0.2) is 29.3 Å². The molecule has 5 heteroatoms. The number of amides is 1. The molecule has 5 nitrogen and oxygen atoms in total. The molecule has 5 rings (SSSR count). The second kappa shape index (κ2) is 8.16. The van der Waals surface area contributed by atoms with Gasteiger partial charge in [-0.25, -0.2) is 0 Å². The van der Waals surface area contributed by atoms with Crippen LogP contribution >= 0.6 is 0 Å². The number of hydrogen-bond acceptors (Lipinski definition) is 4. The van der Waals surface area contributed by atoms with Crippen LogP contribution in [0.15, 0.2) is 18.2 Å². The minimum atomic E-state index is -0.831. The van der Waals surface area contributed by atoms with Crippen LogP contribution in [0.2, 0.25) is 0 Å². The normalized spacial score (nSPS) is 30.0. The van der Waals surface area contributed by atoms with E-state index in [2.05, 4.69) is 5.32 Å². The van der Waals surface area contributed by atoms with E-state index in [1.54, 1.807) is 13.0 Å². The van der Waals surface area contributed by atoms with Crippen molar-refractivity contribution in [2.24, 2.45) is 17.8 Å². The Morgan fingerprint density at radius 2 is 1.60 bits per heavy atom. The van der Waals surface area contributed by atoms with Gasteiger partial charge in [-0.05, 0) is 94.2 Å². The van der Waals surface area contributed by atoms with E-state index >= 15 is 0 Å². The van der Waals surface area contributed by atoms with E-state index in [4.69, 9.17) is 4.74 Å². The van der Waals surface area contributed by atoms with Crippen molar-refractivity contribution in [2.45, 2.75) is 83.8 Å². The standard InChI is InChI=1S/C25H33NO4/c1-15-4-5-21(8-16(15)2)22(27)6-7-23(28)30-17(3)24(29)26-25-12-18-9-19(13-25)11-20(10-18)14-25/h4-5,8,17-20H,6-7,9-14H2,1-3H3,(H,26,29)/t17-,18?,19?,20?,25?/m0/s1. The van der Waals surface area contributed by atoms with E-state index in [0.717, 1.165) is 48.1 Å². The number of hydrogen-bond donors (Lipinski definition) is 1. The third-order valence-corrected chi connectivity index (χ3v) is 7.49. The maximum atomic E-state index is 12.7. The molecule has 0 aliphatic heterocycles. The average molecular weight is 412 g/mol. The van der Waals surface area contributed by atoms with E-state index in [-0.39, 0.29) is 30.1 Å². The van der Waals surface area contributed by atoms with Crippen molar-refractivity contribution in [1.82, 2.24) is 5.32 Å². The summed E-state index contributed by atoms with van der Waals surface area (Å²) in [7, 11) is 0. The predicted molar refractivity (Wildman–Crippen MR) is 114 cm³/mol. The van der Waals surface area contributed by atoms with Crippen LogP contribution in [0.5, 0.6) is 0 Å². The molecule has 4 aliphatic carbocycles. The summed E-state index contributed by atoms with van der Waals surface area (Å²) < 4.78 is 5.35. The Bertz CT molecular complexity index is 823. The molecule has 0 saturated heterocycles. The molecule has 1 aromatic carbocycles. The van der Waals surface area contributed by atoms with Crippen LogP contribution < -0.4 is 5.32 Å². The van der Waals surface area contributed by atoms with Gasteiger partial charge in [0.1, 0.15) is 0 Å². The largest absolute Gasteiger partial charge is 0.453 e. The summed E-state index contributed by atoms with van der Waals surface area (Å²) in [5, 5.41) is 3.25. The van der Waals surface area contributed by atoms with Crippen LogP contribution in [-0.2, 0) is 14.3 Å². The molecule has 4 aliphatic rings. The molecular formula is C25H33NO4. The van der Waals surface area contributed by atoms with Gasteiger partial charge < -0.3 is 10.1 Å². The van der Waals surface area contributed by atoms with Gasteiger partial charge in [-0.15, -0.1) is 0 Å². The molecule has 1 aromatic rings. The lowest BCUT2D eigenvalue weighted by molar-refractivity contribution is -0.156. The summed E-state index contributed by atoms with van der Waals surface area (Å²) in [6, 6.07) is 5.56. The van der Waals surface area contributed by atoms with Crippen molar-refractivity contribution in [2.75, 3.05) is 0 Å². The van der Waals surface area contributed by atoms with Crippen molar-refractivity contribution in [3.63, 3.8) is 0 Å². The van der Waals surface area contributed by atoms with E-state index in [1.165, 1.54) is 19.3 Å². The lowest BCUT2D eigenvalue weighted by Gasteiger charge is -2.57. The molecule has 0 spiro atoms. The van der Waals surface area contributed by atoms with E-state index in [9.17, 15) is 14.4 Å². The van der Waals surface area contributed by atoms with Gasteiger partial charge in [-0.3, -0.25) is 14.4 Å². The summed E-state index contributed by atoms with van der Waals surface area (Å²) in [5.74, 6) is 1.44. The summed E-state index contributed by atoms with van der Waals surface area (Å²) in [6.45, 7) is 5.58. The highest BCUT2D eigenvalue weighted by atomic mass is 16.5. The predicted octanol–water partition coefficient (Wildman–Crippen LogP) is 4.28. The highest BCUT2D eigenvalue weighted by Gasteiger charge is 2.51. The van der Waals surface area contributed by atoms with Gasteiger partial charge >= 0.3 is 5.97 Å². The molecule has 0 heterocycles. The van der Waals surface area contributed by atoms with Crippen molar-refractivity contribution >= 4 is 17.7 Å². The number of carbonyl (C=O) groups excluding carboxylic acids is 3. The topological polar surface area (TPSA) is 72.5 Å². The van der Waals surface area contributed by atoms with Gasteiger partial charge in [0, 0.05) is 17.5 Å². The lowest BCUT2D eigenvalue weighted by Crippen LogP contribution is -2.61. The maximum absolute atomic E-state index is 12.7.